The van der Waals surface area contributed by atoms with E-state index >= 15 is 0 Å². The van der Waals surface area contributed by atoms with E-state index in [4.69, 9.17) is 28.2 Å². The van der Waals surface area contributed by atoms with Gasteiger partial charge in [-0.05, 0) is 47.9 Å². The normalized spacial score (nSPS) is 16.9. The Morgan fingerprint density at radius 3 is 2.69 bits per heavy atom. The second kappa shape index (κ2) is 9.82. The minimum absolute atomic E-state index is 0.00490. The maximum Gasteiger partial charge on any atom is 0.249 e. The Balaban J connectivity index is 1.61. The van der Waals surface area contributed by atoms with Gasteiger partial charge in [-0.15, -0.1) is 0 Å². The fourth-order valence-corrected chi connectivity index (χ4v) is 4.93. The largest absolute Gasteiger partial charge is 0.396 e. The molecule has 2 amide bonds. The van der Waals surface area contributed by atoms with E-state index in [0.29, 0.717) is 52.8 Å². The van der Waals surface area contributed by atoms with Crippen LogP contribution in [-0.4, -0.2) is 41.8 Å². The first-order valence-corrected chi connectivity index (χ1v) is 12.2. The second-order valence-electron chi connectivity index (χ2n) is 8.61. The fraction of sp³-hybridized carbons (Fsp3) is 0.222. The van der Waals surface area contributed by atoms with Crippen molar-refractivity contribution in [3.8, 4) is 0 Å². The lowest BCUT2D eigenvalue weighted by atomic mass is 9.98. The zero-order valence-corrected chi connectivity index (χ0v) is 20.3. The lowest BCUT2D eigenvalue weighted by molar-refractivity contribution is -0.118. The number of hydrogen-bond donors (Lipinski definition) is 2. The maximum absolute atomic E-state index is 13.2. The zero-order valence-electron chi connectivity index (χ0n) is 18.8. The number of anilines is 2. The number of nitrogens with one attached hydrogen (secondary N) is 1. The maximum atomic E-state index is 13.2. The summed E-state index contributed by atoms with van der Waals surface area (Å²) < 4.78 is 0. The summed E-state index contributed by atoms with van der Waals surface area (Å²) in [7, 11) is 0. The van der Waals surface area contributed by atoms with Gasteiger partial charge in [0.2, 0.25) is 11.8 Å². The average molecular weight is 508 g/mol. The highest BCUT2D eigenvalue weighted by Crippen LogP contribution is 2.34. The highest BCUT2D eigenvalue weighted by Gasteiger charge is 2.30. The van der Waals surface area contributed by atoms with Crippen LogP contribution in [0.3, 0.4) is 0 Å². The monoisotopic (exact) mass is 507 g/mol. The van der Waals surface area contributed by atoms with E-state index in [2.05, 4.69) is 5.32 Å². The van der Waals surface area contributed by atoms with Crippen molar-refractivity contribution < 1.29 is 14.7 Å². The summed E-state index contributed by atoms with van der Waals surface area (Å²) in [6.07, 6.45) is 1.15. The van der Waals surface area contributed by atoms with E-state index in [1.807, 2.05) is 36.4 Å². The van der Waals surface area contributed by atoms with Gasteiger partial charge in [-0.25, -0.2) is 0 Å². The van der Waals surface area contributed by atoms with Crippen molar-refractivity contribution in [2.45, 2.75) is 25.3 Å². The van der Waals surface area contributed by atoms with Crippen molar-refractivity contribution in [1.82, 2.24) is 0 Å². The Morgan fingerprint density at radius 2 is 1.89 bits per heavy atom. The molecule has 5 rings (SSSR count). The van der Waals surface area contributed by atoms with Gasteiger partial charge in [0.05, 0.1) is 17.8 Å². The molecule has 178 valence electrons. The van der Waals surface area contributed by atoms with Crippen molar-refractivity contribution in [2.75, 3.05) is 23.4 Å². The van der Waals surface area contributed by atoms with Crippen molar-refractivity contribution in [1.29, 1.82) is 0 Å². The van der Waals surface area contributed by atoms with E-state index in [1.165, 1.54) is 0 Å². The SMILES string of the molecule is O=C1Nc2ccc(Cl)cc2C(c2ccc3c(c2)N(CCCO)C(=O)C3)=NC1Cc1ccccc1Cl. The second-order valence-corrected chi connectivity index (χ2v) is 9.45. The highest BCUT2D eigenvalue weighted by atomic mass is 35.5. The third kappa shape index (κ3) is 4.69. The number of aliphatic imine (C=N–C) groups is 1. The number of amides is 2. The van der Waals surface area contributed by atoms with Crippen LogP contribution in [-0.2, 0) is 22.4 Å². The van der Waals surface area contributed by atoms with Gasteiger partial charge in [-0.2, -0.15) is 0 Å². The quantitative estimate of drug-likeness (QED) is 0.508. The first kappa shape index (κ1) is 23.5. The lowest BCUT2D eigenvalue weighted by Gasteiger charge is -2.18. The Labute approximate surface area is 213 Å². The highest BCUT2D eigenvalue weighted by molar-refractivity contribution is 6.32. The molecule has 3 aromatic rings. The molecule has 0 saturated heterocycles. The first-order valence-electron chi connectivity index (χ1n) is 11.4. The molecule has 2 heterocycles. The summed E-state index contributed by atoms with van der Waals surface area (Å²) in [5, 5.41) is 13.4. The van der Waals surface area contributed by atoms with Crippen LogP contribution >= 0.6 is 23.2 Å². The lowest BCUT2D eigenvalue weighted by Crippen LogP contribution is -2.28. The summed E-state index contributed by atoms with van der Waals surface area (Å²) in [6, 6.07) is 17.8. The van der Waals surface area contributed by atoms with E-state index < -0.39 is 6.04 Å². The molecule has 2 aliphatic rings. The van der Waals surface area contributed by atoms with Gasteiger partial charge < -0.3 is 15.3 Å². The number of carbonyl (C=O) groups is 2. The average Bonchev–Trinajstić information content (AvgIpc) is 3.09. The van der Waals surface area contributed by atoms with Crippen LogP contribution in [0.5, 0.6) is 0 Å². The Morgan fingerprint density at radius 1 is 1.06 bits per heavy atom. The summed E-state index contributed by atoms with van der Waals surface area (Å²) in [5.41, 5.74) is 5.28. The number of aliphatic hydroxyl groups excluding tert-OH is 1. The molecule has 0 bridgehead atoms. The van der Waals surface area contributed by atoms with E-state index in [-0.39, 0.29) is 18.4 Å². The topological polar surface area (TPSA) is 82.0 Å². The molecule has 0 aliphatic carbocycles. The van der Waals surface area contributed by atoms with Gasteiger partial charge in [-0.3, -0.25) is 14.6 Å². The summed E-state index contributed by atoms with van der Waals surface area (Å²) in [4.78, 5) is 32.4. The minimum atomic E-state index is -0.712. The van der Waals surface area contributed by atoms with Gasteiger partial charge in [0.25, 0.3) is 0 Å². The molecular weight excluding hydrogens is 485 g/mol. The molecule has 35 heavy (non-hydrogen) atoms. The van der Waals surface area contributed by atoms with Crippen molar-refractivity contribution in [3.05, 3.63) is 93.0 Å². The smallest absolute Gasteiger partial charge is 0.249 e. The molecule has 8 heteroatoms. The third-order valence-electron chi connectivity index (χ3n) is 6.29. The molecule has 2 aliphatic heterocycles. The van der Waals surface area contributed by atoms with E-state index in [0.717, 1.165) is 22.4 Å². The molecule has 1 atom stereocenters. The van der Waals surface area contributed by atoms with Crippen LogP contribution in [0.25, 0.3) is 0 Å². The summed E-state index contributed by atoms with van der Waals surface area (Å²) in [5.74, 6) is -0.227. The molecule has 2 N–H and O–H groups in total. The van der Waals surface area contributed by atoms with Crippen molar-refractivity contribution in [2.24, 2.45) is 4.99 Å². The molecule has 0 fully saturated rings. The molecular formula is C27H23Cl2N3O3. The number of carbonyl (C=O) groups excluding carboxylic acids is 2. The molecule has 0 radical (unpaired) electrons. The Kier molecular flexibility index (Phi) is 6.60. The molecule has 3 aromatic carbocycles. The van der Waals surface area contributed by atoms with Crippen LogP contribution in [0.1, 0.15) is 28.7 Å². The van der Waals surface area contributed by atoms with E-state index in [9.17, 15) is 14.7 Å². The van der Waals surface area contributed by atoms with Crippen LogP contribution < -0.4 is 10.2 Å². The first-order chi connectivity index (χ1) is 16.9. The van der Waals surface area contributed by atoms with Gasteiger partial charge in [0.1, 0.15) is 6.04 Å². The number of halogens is 2. The predicted octanol–water partition coefficient (Wildman–Crippen LogP) is 4.67. The van der Waals surface area contributed by atoms with Gasteiger partial charge in [0, 0.05) is 46.4 Å². The predicted molar refractivity (Wildman–Crippen MR) is 139 cm³/mol. The van der Waals surface area contributed by atoms with E-state index in [1.54, 1.807) is 29.2 Å². The molecule has 6 nitrogen and oxygen atoms in total. The number of fused-ring (bicyclic) bond motifs is 2. The number of benzene rings is 3. The number of rotatable bonds is 6. The summed E-state index contributed by atoms with van der Waals surface area (Å²) >= 11 is 12.7. The number of hydrogen-bond acceptors (Lipinski definition) is 4. The van der Waals surface area contributed by atoms with Crippen molar-refractivity contribution >= 4 is 52.1 Å². The van der Waals surface area contributed by atoms with Gasteiger partial charge in [-0.1, -0.05) is 53.5 Å². The summed E-state index contributed by atoms with van der Waals surface area (Å²) in [6.45, 7) is 0.449. The fourth-order valence-electron chi connectivity index (χ4n) is 4.54. The Bertz CT molecular complexity index is 1360. The van der Waals surface area contributed by atoms with Gasteiger partial charge in [0.15, 0.2) is 0 Å². The third-order valence-corrected chi connectivity index (χ3v) is 6.89. The minimum Gasteiger partial charge on any atom is -0.396 e. The zero-order chi connectivity index (χ0) is 24.5. The number of benzodiazepines with no additional fused rings is 1. The standard InChI is InChI=1S/C27H23Cl2N3O3/c28-19-8-9-22-20(15-19)26(30-23(27(35)31-22)12-16-4-1-2-5-21(16)29)18-7-6-17-14-25(34)32(10-3-11-33)24(17)13-18/h1-2,4-9,13,15,23,33H,3,10-12,14H2,(H,31,35). The van der Waals surface area contributed by atoms with Crippen LogP contribution in [0.4, 0.5) is 11.4 Å². The molecule has 0 aromatic heterocycles. The van der Waals surface area contributed by atoms with Gasteiger partial charge >= 0.3 is 0 Å². The molecule has 0 spiro atoms. The van der Waals surface area contributed by atoms with Crippen LogP contribution in [0, 0.1) is 0 Å². The number of nitrogens with zero attached hydrogens (tertiary/aromatic N) is 2. The van der Waals surface area contributed by atoms with Crippen LogP contribution in [0.15, 0.2) is 65.7 Å². The molecule has 1 unspecified atom stereocenters. The number of aliphatic hydroxyl groups is 1. The van der Waals surface area contributed by atoms with Crippen LogP contribution in [0.2, 0.25) is 10.0 Å². The Hall–Kier alpha value is -3.19. The van der Waals surface area contributed by atoms with Crippen molar-refractivity contribution in [3.63, 3.8) is 0 Å². The molecule has 0 saturated carbocycles.